The molecule has 2 aliphatic carbocycles. The SMILES string of the molecule is Fc1cc(C#Cc2ccc(C3CCC(C4CCC4)CC3)cc2)cc(F)c1N=C=S. The maximum Gasteiger partial charge on any atom is 0.153 e. The smallest absolute Gasteiger partial charge is 0.153 e. The zero-order valence-electron chi connectivity index (χ0n) is 16.3. The molecule has 4 heteroatoms. The summed E-state index contributed by atoms with van der Waals surface area (Å²) in [5, 5.41) is 1.98. The van der Waals surface area contributed by atoms with E-state index >= 15 is 0 Å². The van der Waals surface area contributed by atoms with E-state index in [0.29, 0.717) is 5.92 Å². The van der Waals surface area contributed by atoms with Gasteiger partial charge in [0.05, 0.1) is 5.16 Å². The van der Waals surface area contributed by atoms with Gasteiger partial charge in [0.1, 0.15) is 5.69 Å². The molecule has 0 aromatic heterocycles. The molecule has 2 aliphatic rings. The second kappa shape index (κ2) is 8.99. The maximum atomic E-state index is 13.9. The van der Waals surface area contributed by atoms with Gasteiger partial charge in [-0.05, 0) is 85.5 Å². The summed E-state index contributed by atoms with van der Waals surface area (Å²) in [6.45, 7) is 0. The third kappa shape index (κ3) is 4.64. The van der Waals surface area contributed by atoms with E-state index in [0.717, 1.165) is 29.5 Å². The van der Waals surface area contributed by atoms with Crippen LogP contribution in [0.15, 0.2) is 41.4 Å². The fourth-order valence-electron chi connectivity index (χ4n) is 4.61. The van der Waals surface area contributed by atoms with Crippen molar-refractivity contribution in [2.45, 2.75) is 50.9 Å². The van der Waals surface area contributed by atoms with Gasteiger partial charge in [0.25, 0.3) is 0 Å². The number of halogens is 2. The molecule has 0 radical (unpaired) electrons. The van der Waals surface area contributed by atoms with Crippen molar-refractivity contribution in [2.75, 3.05) is 0 Å². The molecule has 4 rings (SSSR count). The van der Waals surface area contributed by atoms with E-state index < -0.39 is 17.3 Å². The summed E-state index contributed by atoms with van der Waals surface area (Å²) in [5.41, 5.74) is 2.05. The van der Waals surface area contributed by atoms with E-state index in [2.05, 4.69) is 41.2 Å². The van der Waals surface area contributed by atoms with Gasteiger partial charge in [-0.25, -0.2) is 8.78 Å². The third-order valence-corrected chi connectivity index (χ3v) is 6.59. The Morgan fingerprint density at radius 2 is 1.38 bits per heavy atom. The lowest BCUT2D eigenvalue weighted by atomic mass is 9.67. The van der Waals surface area contributed by atoms with E-state index in [1.165, 1.54) is 50.5 Å². The van der Waals surface area contributed by atoms with Gasteiger partial charge >= 0.3 is 0 Å². The Labute approximate surface area is 176 Å². The Hall–Kier alpha value is -2.34. The molecule has 1 nitrogen and oxygen atoms in total. The van der Waals surface area contributed by atoms with Gasteiger partial charge in [0, 0.05) is 11.1 Å². The van der Waals surface area contributed by atoms with Crippen LogP contribution in [0.4, 0.5) is 14.5 Å². The number of hydrogen-bond donors (Lipinski definition) is 0. The summed E-state index contributed by atoms with van der Waals surface area (Å²) >= 11 is 4.41. The molecule has 0 bridgehead atoms. The number of rotatable bonds is 3. The molecule has 0 amide bonds. The highest BCUT2D eigenvalue weighted by Crippen LogP contribution is 2.44. The molecule has 2 fully saturated rings. The normalized spacial score (nSPS) is 21.4. The van der Waals surface area contributed by atoms with Crippen LogP contribution < -0.4 is 0 Å². The Morgan fingerprint density at radius 3 is 1.93 bits per heavy atom. The molecule has 2 saturated carbocycles. The lowest BCUT2D eigenvalue weighted by Crippen LogP contribution is -2.25. The molecule has 148 valence electrons. The van der Waals surface area contributed by atoms with Gasteiger partial charge in [-0.1, -0.05) is 43.2 Å². The molecule has 0 N–H and O–H groups in total. The van der Waals surface area contributed by atoms with Gasteiger partial charge in [-0.3, -0.25) is 0 Å². The first kappa shape index (κ1) is 20.0. The van der Waals surface area contributed by atoms with Crippen LogP contribution in [0.5, 0.6) is 0 Å². The molecule has 0 unspecified atom stereocenters. The minimum atomic E-state index is -0.792. The molecule has 0 atom stereocenters. The largest absolute Gasteiger partial charge is 0.204 e. The average Bonchev–Trinajstić information content (AvgIpc) is 2.69. The summed E-state index contributed by atoms with van der Waals surface area (Å²) < 4.78 is 27.8. The number of benzene rings is 2. The Balaban J connectivity index is 1.41. The minimum Gasteiger partial charge on any atom is -0.204 e. The molecule has 0 aliphatic heterocycles. The van der Waals surface area contributed by atoms with Crippen LogP contribution in [-0.2, 0) is 0 Å². The minimum absolute atomic E-state index is 0.265. The average molecular weight is 408 g/mol. The predicted octanol–water partition coefficient (Wildman–Crippen LogP) is 7.17. The standard InChI is InChI=1S/C25H23F2NS/c26-23-14-18(15-24(27)25(23)28-16-29)5-4-17-6-8-20(9-7-17)22-12-10-21(11-13-22)19-2-1-3-19/h6-9,14-15,19,21-22H,1-3,10-13H2. The van der Waals surface area contributed by atoms with E-state index in [1.807, 2.05) is 17.3 Å². The second-order valence-corrected chi connectivity index (χ2v) is 8.35. The lowest BCUT2D eigenvalue weighted by Gasteiger charge is -2.38. The van der Waals surface area contributed by atoms with Crippen molar-refractivity contribution < 1.29 is 8.78 Å². The molecular formula is C25H23F2NS. The highest BCUT2D eigenvalue weighted by Gasteiger charge is 2.31. The molecule has 0 heterocycles. The number of aliphatic imine (C=N–C) groups is 1. The van der Waals surface area contributed by atoms with Crippen molar-refractivity contribution in [3.8, 4) is 11.8 Å². The van der Waals surface area contributed by atoms with E-state index in [9.17, 15) is 8.78 Å². The van der Waals surface area contributed by atoms with Crippen molar-refractivity contribution in [3.05, 3.63) is 64.7 Å². The molecule has 0 saturated heterocycles. The molecular weight excluding hydrogens is 384 g/mol. The van der Waals surface area contributed by atoms with Gasteiger partial charge in [-0.15, -0.1) is 0 Å². The van der Waals surface area contributed by atoms with Gasteiger partial charge in [0.2, 0.25) is 0 Å². The predicted molar refractivity (Wildman–Crippen MR) is 116 cm³/mol. The Bertz CT molecular complexity index is 961. The number of isothiocyanates is 1. The van der Waals surface area contributed by atoms with E-state index in [-0.39, 0.29) is 5.56 Å². The van der Waals surface area contributed by atoms with Crippen molar-refractivity contribution >= 4 is 23.1 Å². The molecule has 0 spiro atoms. The van der Waals surface area contributed by atoms with Gasteiger partial charge in [0.15, 0.2) is 11.6 Å². The van der Waals surface area contributed by atoms with Crippen LogP contribution in [0.2, 0.25) is 0 Å². The van der Waals surface area contributed by atoms with Crippen molar-refractivity contribution in [2.24, 2.45) is 16.8 Å². The van der Waals surface area contributed by atoms with Gasteiger partial charge < -0.3 is 0 Å². The van der Waals surface area contributed by atoms with Crippen LogP contribution in [0.1, 0.15) is 67.6 Å². The summed E-state index contributed by atoms with van der Waals surface area (Å²) in [6, 6.07) is 10.6. The summed E-state index contributed by atoms with van der Waals surface area (Å²) in [4.78, 5) is 3.41. The van der Waals surface area contributed by atoms with Crippen LogP contribution >= 0.6 is 12.2 Å². The van der Waals surface area contributed by atoms with Crippen LogP contribution in [-0.4, -0.2) is 5.16 Å². The summed E-state index contributed by atoms with van der Waals surface area (Å²) in [5.74, 6) is 6.82. The lowest BCUT2D eigenvalue weighted by molar-refractivity contribution is 0.154. The van der Waals surface area contributed by atoms with E-state index in [4.69, 9.17) is 0 Å². The topological polar surface area (TPSA) is 12.4 Å². The van der Waals surface area contributed by atoms with Crippen molar-refractivity contribution in [1.82, 2.24) is 0 Å². The molecule has 2 aromatic rings. The first-order chi connectivity index (χ1) is 14.1. The summed E-state index contributed by atoms with van der Waals surface area (Å²) in [7, 11) is 0. The molecule has 29 heavy (non-hydrogen) atoms. The van der Waals surface area contributed by atoms with Crippen LogP contribution in [0.25, 0.3) is 0 Å². The highest BCUT2D eigenvalue weighted by atomic mass is 32.1. The fraction of sp³-hybridized carbons (Fsp3) is 0.400. The highest BCUT2D eigenvalue weighted by molar-refractivity contribution is 7.78. The Kier molecular flexibility index (Phi) is 6.19. The summed E-state index contributed by atoms with van der Waals surface area (Å²) in [6.07, 6.45) is 9.59. The first-order valence-electron chi connectivity index (χ1n) is 10.3. The van der Waals surface area contributed by atoms with Gasteiger partial charge in [-0.2, -0.15) is 4.99 Å². The quantitative estimate of drug-likeness (QED) is 0.298. The monoisotopic (exact) mass is 407 g/mol. The van der Waals surface area contributed by atoms with Crippen molar-refractivity contribution in [1.29, 1.82) is 0 Å². The van der Waals surface area contributed by atoms with E-state index in [1.54, 1.807) is 0 Å². The number of hydrogen-bond acceptors (Lipinski definition) is 2. The number of thiocarbonyl (C=S) groups is 1. The zero-order valence-corrected chi connectivity index (χ0v) is 17.1. The van der Waals surface area contributed by atoms with Crippen molar-refractivity contribution in [3.63, 3.8) is 0 Å². The second-order valence-electron chi connectivity index (χ2n) is 8.17. The zero-order chi connectivity index (χ0) is 20.2. The number of nitrogens with zero attached hydrogens (tertiary/aromatic N) is 1. The Morgan fingerprint density at radius 1 is 0.793 bits per heavy atom. The first-order valence-corrected chi connectivity index (χ1v) is 10.7. The maximum absolute atomic E-state index is 13.9. The molecule has 2 aromatic carbocycles. The third-order valence-electron chi connectivity index (χ3n) is 6.50. The van der Waals surface area contributed by atoms with Crippen LogP contribution in [0.3, 0.4) is 0 Å². The fourth-order valence-corrected chi connectivity index (χ4v) is 4.70. The van der Waals surface area contributed by atoms with Crippen LogP contribution in [0, 0.1) is 35.3 Å².